The Labute approximate surface area is 112 Å². The van der Waals surface area contributed by atoms with Crippen molar-refractivity contribution in [1.29, 1.82) is 0 Å². The topological polar surface area (TPSA) is 18.5 Å². The second-order valence-electron chi connectivity index (χ2n) is 6.49. The van der Waals surface area contributed by atoms with Crippen LogP contribution in [0.3, 0.4) is 0 Å². The lowest BCUT2D eigenvalue weighted by molar-refractivity contribution is -0.189. The highest BCUT2D eigenvalue weighted by molar-refractivity contribution is 4.84. The third kappa shape index (κ3) is 3.08. The van der Waals surface area contributed by atoms with Gasteiger partial charge in [0.2, 0.25) is 0 Å². The van der Waals surface area contributed by atoms with Crippen molar-refractivity contribution in [2.75, 3.05) is 0 Å². The van der Waals surface area contributed by atoms with E-state index in [2.05, 4.69) is 27.7 Å². The van der Waals surface area contributed by atoms with Gasteiger partial charge in [0, 0.05) is 6.42 Å². The summed E-state index contributed by atoms with van der Waals surface area (Å²) in [6, 6.07) is 0. The van der Waals surface area contributed by atoms with Gasteiger partial charge in [0.15, 0.2) is 5.79 Å². The molecule has 1 aliphatic heterocycles. The molecule has 2 heteroatoms. The van der Waals surface area contributed by atoms with Crippen LogP contribution in [0.2, 0.25) is 0 Å². The summed E-state index contributed by atoms with van der Waals surface area (Å²) in [7, 11) is 0. The highest BCUT2D eigenvalue weighted by Crippen LogP contribution is 2.41. The normalized spacial score (nSPS) is 34.7. The molecule has 106 valence electrons. The van der Waals surface area contributed by atoms with Crippen molar-refractivity contribution in [2.24, 2.45) is 11.8 Å². The van der Waals surface area contributed by atoms with Crippen LogP contribution < -0.4 is 0 Å². The highest BCUT2D eigenvalue weighted by Gasteiger charge is 2.44. The van der Waals surface area contributed by atoms with Gasteiger partial charge in [-0.15, -0.1) is 0 Å². The minimum Gasteiger partial charge on any atom is -0.344 e. The summed E-state index contributed by atoms with van der Waals surface area (Å²) in [5.41, 5.74) is 0. The van der Waals surface area contributed by atoms with Gasteiger partial charge in [-0.25, -0.2) is 0 Å². The minimum atomic E-state index is -0.296. The second kappa shape index (κ2) is 5.92. The average molecular weight is 254 g/mol. The van der Waals surface area contributed by atoms with Crippen LogP contribution in [0.4, 0.5) is 0 Å². The monoisotopic (exact) mass is 254 g/mol. The van der Waals surface area contributed by atoms with Crippen LogP contribution in [0.15, 0.2) is 0 Å². The van der Waals surface area contributed by atoms with E-state index in [9.17, 15) is 0 Å². The molecule has 0 unspecified atom stereocenters. The van der Waals surface area contributed by atoms with Crippen molar-refractivity contribution in [3.05, 3.63) is 0 Å². The third-order valence-corrected chi connectivity index (χ3v) is 5.09. The van der Waals surface area contributed by atoms with E-state index >= 15 is 0 Å². The fourth-order valence-electron chi connectivity index (χ4n) is 3.66. The molecule has 2 aliphatic rings. The van der Waals surface area contributed by atoms with Gasteiger partial charge in [-0.2, -0.15) is 0 Å². The SMILES string of the molecule is CCC1(C[C@H](C)C2CCCCC2)O[C@H](C)[C@@H](C)O1. The smallest absolute Gasteiger partial charge is 0.169 e. The lowest BCUT2D eigenvalue weighted by Crippen LogP contribution is -2.34. The summed E-state index contributed by atoms with van der Waals surface area (Å²) >= 11 is 0. The molecule has 1 saturated heterocycles. The predicted molar refractivity (Wildman–Crippen MR) is 74.5 cm³/mol. The first-order valence-corrected chi connectivity index (χ1v) is 7.92. The zero-order chi connectivity index (χ0) is 13.2. The molecule has 2 nitrogen and oxygen atoms in total. The molecular weight excluding hydrogens is 224 g/mol. The summed E-state index contributed by atoms with van der Waals surface area (Å²) in [4.78, 5) is 0. The summed E-state index contributed by atoms with van der Waals surface area (Å²) < 4.78 is 12.3. The minimum absolute atomic E-state index is 0.239. The van der Waals surface area contributed by atoms with Crippen molar-refractivity contribution in [3.8, 4) is 0 Å². The molecule has 0 amide bonds. The van der Waals surface area contributed by atoms with Crippen molar-refractivity contribution >= 4 is 0 Å². The molecular formula is C16H30O2. The average Bonchev–Trinajstić information content (AvgIpc) is 2.66. The summed E-state index contributed by atoms with van der Waals surface area (Å²) in [5.74, 6) is 1.32. The Hall–Kier alpha value is -0.0800. The number of rotatable bonds is 4. The quantitative estimate of drug-likeness (QED) is 0.734. The highest BCUT2D eigenvalue weighted by atomic mass is 16.8. The maximum absolute atomic E-state index is 6.15. The molecule has 3 atom stereocenters. The standard InChI is InChI=1S/C16H30O2/c1-5-16(17-13(3)14(4)18-16)11-12(2)15-9-7-6-8-10-15/h12-15H,5-11H2,1-4H3/t12-,13+,14+/m0/s1. The van der Waals surface area contributed by atoms with Crippen LogP contribution in [0.1, 0.15) is 72.6 Å². The van der Waals surface area contributed by atoms with E-state index in [4.69, 9.17) is 9.47 Å². The lowest BCUT2D eigenvalue weighted by atomic mass is 9.78. The maximum Gasteiger partial charge on any atom is 0.169 e. The molecule has 0 aromatic carbocycles. The van der Waals surface area contributed by atoms with Crippen LogP contribution >= 0.6 is 0 Å². The van der Waals surface area contributed by atoms with Crippen molar-refractivity contribution < 1.29 is 9.47 Å². The Morgan fingerprint density at radius 3 is 2.11 bits per heavy atom. The van der Waals surface area contributed by atoms with E-state index in [1.54, 1.807) is 0 Å². The van der Waals surface area contributed by atoms with Gasteiger partial charge in [0.25, 0.3) is 0 Å². The zero-order valence-corrected chi connectivity index (χ0v) is 12.6. The molecule has 0 N–H and O–H groups in total. The Bertz CT molecular complexity index is 248. The lowest BCUT2D eigenvalue weighted by Gasteiger charge is -2.34. The van der Waals surface area contributed by atoms with Gasteiger partial charge < -0.3 is 9.47 Å². The summed E-state index contributed by atoms with van der Waals surface area (Å²) in [6.07, 6.45) is 9.61. The molecule has 0 aromatic rings. The van der Waals surface area contributed by atoms with Crippen molar-refractivity contribution in [3.63, 3.8) is 0 Å². The molecule has 0 bridgehead atoms. The van der Waals surface area contributed by atoms with E-state index in [1.807, 2.05) is 0 Å². The fraction of sp³-hybridized carbons (Fsp3) is 1.00. The summed E-state index contributed by atoms with van der Waals surface area (Å²) in [5, 5.41) is 0. The van der Waals surface area contributed by atoms with Crippen molar-refractivity contribution in [2.45, 2.75) is 90.6 Å². The van der Waals surface area contributed by atoms with E-state index < -0.39 is 0 Å². The predicted octanol–water partition coefficient (Wildman–Crippen LogP) is 4.52. The first kappa shape index (κ1) is 14.3. The zero-order valence-electron chi connectivity index (χ0n) is 12.6. The molecule has 0 spiro atoms. The molecule has 0 radical (unpaired) electrons. The molecule has 1 heterocycles. The molecule has 1 aliphatic carbocycles. The van der Waals surface area contributed by atoms with Gasteiger partial charge in [-0.1, -0.05) is 46.0 Å². The molecule has 2 fully saturated rings. The van der Waals surface area contributed by atoms with E-state index in [0.717, 1.165) is 24.7 Å². The van der Waals surface area contributed by atoms with Gasteiger partial charge in [-0.3, -0.25) is 0 Å². The van der Waals surface area contributed by atoms with Gasteiger partial charge >= 0.3 is 0 Å². The van der Waals surface area contributed by atoms with E-state index in [1.165, 1.54) is 32.1 Å². The molecule has 2 rings (SSSR count). The fourth-order valence-corrected chi connectivity index (χ4v) is 3.66. The molecule has 18 heavy (non-hydrogen) atoms. The summed E-state index contributed by atoms with van der Waals surface area (Å²) in [6.45, 7) is 8.85. The van der Waals surface area contributed by atoms with Crippen LogP contribution in [-0.2, 0) is 9.47 Å². The van der Waals surface area contributed by atoms with Crippen molar-refractivity contribution in [1.82, 2.24) is 0 Å². The first-order chi connectivity index (χ1) is 8.56. The van der Waals surface area contributed by atoms with Crippen LogP contribution in [0.25, 0.3) is 0 Å². The van der Waals surface area contributed by atoms with Crippen LogP contribution in [0.5, 0.6) is 0 Å². The number of hydrogen-bond acceptors (Lipinski definition) is 2. The Morgan fingerprint density at radius 2 is 1.61 bits per heavy atom. The number of ether oxygens (including phenoxy) is 2. The Kier molecular flexibility index (Phi) is 4.71. The van der Waals surface area contributed by atoms with E-state index in [-0.39, 0.29) is 18.0 Å². The Balaban J connectivity index is 1.93. The van der Waals surface area contributed by atoms with Gasteiger partial charge in [0.05, 0.1) is 12.2 Å². The van der Waals surface area contributed by atoms with Gasteiger partial charge in [-0.05, 0) is 32.1 Å². The third-order valence-electron chi connectivity index (χ3n) is 5.09. The Morgan fingerprint density at radius 1 is 1.06 bits per heavy atom. The van der Waals surface area contributed by atoms with E-state index in [0.29, 0.717) is 0 Å². The molecule has 0 aromatic heterocycles. The van der Waals surface area contributed by atoms with Crippen LogP contribution in [0, 0.1) is 11.8 Å². The largest absolute Gasteiger partial charge is 0.344 e. The first-order valence-electron chi connectivity index (χ1n) is 7.92. The van der Waals surface area contributed by atoms with Gasteiger partial charge in [0.1, 0.15) is 0 Å². The number of hydrogen-bond donors (Lipinski definition) is 0. The molecule has 1 saturated carbocycles. The second-order valence-corrected chi connectivity index (χ2v) is 6.49. The maximum atomic E-state index is 6.15. The van der Waals surface area contributed by atoms with Crippen LogP contribution in [-0.4, -0.2) is 18.0 Å².